The van der Waals surface area contributed by atoms with E-state index in [1.54, 1.807) is 0 Å². The predicted octanol–water partition coefficient (Wildman–Crippen LogP) is 3.38. The molecule has 1 aliphatic heterocycles. The van der Waals surface area contributed by atoms with E-state index < -0.39 is 0 Å². The van der Waals surface area contributed by atoms with Crippen LogP contribution >= 0.6 is 0 Å². The van der Waals surface area contributed by atoms with Gasteiger partial charge >= 0.3 is 0 Å². The second-order valence-corrected chi connectivity index (χ2v) is 8.20. The summed E-state index contributed by atoms with van der Waals surface area (Å²) in [7, 11) is 0. The van der Waals surface area contributed by atoms with Crippen LogP contribution in [0.5, 0.6) is 0 Å². The lowest BCUT2D eigenvalue weighted by Gasteiger charge is -2.18. The molecule has 2 heterocycles. The van der Waals surface area contributed by atoms with Crippen molar-refractivity contribution in [3.05, 3.63) is 78.1 Å². The van der Waals surface area contributed by atoms with E-state index in [0.29, 0.717) is 13.0 Å². The summed E-state index contributed by atoms with van der Waals surface area (Å²) in [6.07, 6.45) is 3.32. The van der Waals surface area contributed by atoms with Gasteiger partial charge < -0.3 is 15.5 Å². The van der Waals surface area contributed by atoms with Gasteiger partial charge in [0.2, 0.25) is 5.91 Å². The molecule has 0 radical (unpaired) electrons. The van der Waals surface area contributed by atoms with Crippen LogP contribution in [0.2, 0.25) is 0 Å². The van der Waals surface area contributed by atoms with E-state index in [1.165, 1.54) is 10.9 Å². The zero-order valence-corrected chi connectivity index (χ0v) is 18.6. The van der Waals surface area contributed by atoms with Gasteiger partial charge in [-0.3, -0.25) is 9.78 Å². The van der Waals surface area contributed by atoms with Gasteiger partial charge in [-0.05, 0) is 30.4 Å². The SMILES string of the molecule is CCNC(=NCc1nccc2ccccc12)NCC1CC(=O)N(CCc2ccccc2)C1. The summed E-state index contributed by atoms with van der Waals surface area (Å²) >= 11 is 0. The second-order valence-electron chi connectivity index (χ2n) is 8.20. The fourth-order valence-corrected chi connectivity index (χ4v) is 4.16. The van der Waals surface area contributed by atoms with Gasteiger partial charge in [-0.15, -0.1) is 0 Å². The Morgan fingerprint density at radius 1 is 1.09 bits per heavy atom. The Kier molecular flexibility index (Phi) is 7.33. The molecule has 0 saturated carbocycles. The summed E-state index contributed by atoms with van der Waals surface area (Å²) in [4.78, 5) is 23.7. The van der Waals surface area contributed by atoms with Crippen LogP contribution in [0.1, 0.15) is 24.6 Å². The molecular weight excluding hydrogens is 398 g/mol. The number of likely N-dealkylation sites (tertiary alicyclic amines) is 1. The number of aromatic nitrogens is 1. The van der Waals surface area contributed by atoms with E-state index in [0.717, 1.165) is 49.6 Å². The molecule has 1 atom stereocenters. The van der Waals surface area contributed by atoms with Crippen molar-refractivity contribution in [3.63, 3.8) is 0 Å². The van der Waals surface area contributed by atoms with Crippen LogP contribution in [0.15, 0.2) is 71.9 Å². The molecule has 1 fully saturated rings. The van der Waals surface area contributed by atoms with Crippen molar-refractivity contribution in [2.45, 2.75) is 26.3 Å². The van der Waals surface area contributed by atoms with Gasteiger partial charge in [-0.2, -0.15) is 0 Å². The van der Waals surface area contributed by atoms with E-state index in [4.69, 9.17) is 4.99 Å². The van der Waals surface area contributed by atoms with Crippen molar-refractivity contribution in [1.29, 1.82) is 0 Å². The van der Waals surface area contributed by atoms with Crippen molar-refractivity contribution in [3.8, 4) is 0 Å². The number of aliphatic imine (C=N–C) groups is 1. The van der Waals surface area contributed by atoms with E-state index in [2.05, 4.69) is 46.8 Å². The minimum Gasteiger partial charge on any atom is -0.357 e. The Labute approximate surface area is 189 Å². The highest BCUT2D eigenvalue weighted by molar-refractivity contribution is 5.85. The first kappa shape index (κ1) is 21.8. The van der Waals surface area contributed by atoms with E-state index in [1.807, 2.05) is 47.5 Å². The van der Waals surface area contributed by atoms with Gasteiger partial charge in [-0.1, -0.05) is 54.6 Å². The maximum Gasteiger partial charge on any atom is 0.223 e. The number of hydrogen-bond acceptors (Lipinski definition) is 3. The van der Waals surface area contributed by atoms with Crippen molar-refractivity contribution in [2.75, 3.05) is 26.2 Å². The van der Waals surface area contributed by atoms with Crippen molar-refractivity contribution < 1.29 is 4.79 Å². The first-order chi connectivity index (χ1) is 15.7. The molecule has 1 unspecified atom stereocenters. The van der Waals surface area contributed by atoms with Gasteiger partial charge in [0, 0.05) is 50.1 Å². The van der Waals surface area contributed by atoms with Crippen LogP contribution in [0.4, 0.5) is 0 Å². The van der Waals surface area contributed by atoms with Gasteiger partial charge in [0.1, 0.15) is 0 Å². The molecule has 166 valence electrons. The van der Waals surface area contributed by atoms with Crippen LogP contribution < -0.4 is 10.6 Å². The van der Waals surface area contributed by atoms with Gasteiger partial charge in [0.25, 0.3) is 0 Å². The number of hydrogen-bond donors (Lipinski definition) is 2. The fourth-order valence-electron chi connectivity index (χ4n) is 4.16. The lowest BCUT2D eigenvalue weighted by molar-refractivity contribution is -0.127. The van der Waals surface area contributed by atoms with Crippen molar-refractivity contribution >= 4 is 22.6 Å². The number of amides is 1. The molecule has 3 aromatic rings. The van der Waals surface area contributed by atoms with E-state index in [9.17, 15) is 4.79 Å². The Hall–Kier alpha value is -3.41. The highest BCUT2D eigenvalue weighted by Gasteiger charge is 2.29. The monoisotopic (exact) mass is 429 g/mol. The third-order valence-corrected chi connectivity index (χ3v) is 5.85. The number of benzene rings is 2. The largest absolute Gasteiger partial charge is 0.357 e. The molecular formula is C26H31N5O. The molecule has 4 rings (SSSR count). The molecule has 0 bridgehead atoms. The molecule has 2 N–H and O–H groups in total. The number of pyridine rings is 1. The predicted molar refractivity (Wildman–Crippen MR) is 129 cm³/mol. The number of guanidine groups is 1. The van der Waals surface area contributed by atoms with Crippen LogP contribution in [0.3, 0.4) is 0 Å². The van der Waals surface area contributed by atoms with Gasteiger partial charge in [0.05, 0.1) is 12.2 Å². The van der Waals surface area contributed by atoms with Crippen LogP contribution in [-0.2, 0) is 17.8 Å². The Morgan fingerprint density at radius 2 is 1.91 bits per heavy atom. The molecule has 1 aliphatic rings. The van der Waals surface area contributed by atoms with E-state index >= 15 is 0 Å². The lowest BCUT2D eigenvalue weighted by Crippen LogP contribution is -2.40. The Bertz CT molecular complexity index is 1060. The molecule has 6 nitrogen and oxygen atoms in total. The standard InChI is InChI=1S/C26H31N5O/c1-2-27-26(30-18-24-23-11-7-6-10-22(23)12-14-28-24)29-17-21-16-25(32)31(19-21)15-13-20-8-4-3-5-9-20/h3-12,14,21H,2,13,15-19H2,1H3,(H2,27,29,30). The van der Waals surface area contributed by atoms with Gasteiger partial charge in [0.15, 0.2) is 5.96 Å². The van der Waals surface area contributed by atoms with Crippen LogP contribution in [0.25, 0.3) is 10.8 Å². The maximum absolute atomic E-state index is 12.5. The first-order valence-electron chi connectivity index (χ1n) is 11.4. The highest BCUT2D eigenvalue weighted by atomic mass is 16.2. The summed E-state index contributed by atoms with van der Waals surface area (Å²) < 4.78 is 0. The second kappa shape index (κ2) is 10.8. The minimum absolute atomic E-state index is 0.245. The number of rotatable bonds is 8. The summed E-state index contributed by atoms with van der Waals surface area (Å²) in [6.45, 7) is 5.63. The smallest absolute Gasteiger partial charge is 0.223 e. The molecule has 6 heteroatoms. The van der Waals surface area contributed by atoms with E-state index in [-0.39, 0.29) is 11.8 Å². The highest BCUT2D eigenvalue weighted by Crippen LogP contribution is 2.18. The molecule has 0 spiro atoms. The Morgan fingerprint density at radius 3 is 2.75 bits per heavy atom. The normalized spacial score (nSPS) is 16.5. The minimum atomic E-state index is 0.245. The molecule has 1 amide bonds. The summed E-state index contributed by atoms with van der Waals surface area (Å²) in [5.41, 5.74) is 2.23. The molecule has 0 aliphatic carbocycles. The number of carbonyl (C=O) groups excluding carboxylic acids is 1. The van der Waals surface area contributed by atoms with Crippen molar-refractivity contribution in [1.82, 2.24) is 20.5 Å². The third-order valence-electron chi connectivity index (χ3n) is 5.85. The number of fused-ring (bicyclic) bond motifs is 1. The summed E-state index contributed by atoms with van der Waals surface area (Å²) in [6, 6.07) is 20.6. The average Bonchev–Trinajstić information content (AvgIpc) is 3.19. The van der Waals surface area contributed by atoms with Crippen molar-refractivity contribution in [2.24, 2.45) is 10.9 Å². The number of nitrogens with one attached hydrogen (secondary N) is 2. The molecule has 1 aromatic heterocycles. The number of carbonyl (C=O) groups is 1. The quantitative estimate of drug-likeness (QED) is 0.425. The lowest BCUT2D eigenvalue weighted by atomic mass is 10.1. The molecule has 32 heavy (non-hydrogen) atoms. The Balaban J connectivity index is 1.32. The molecule has 2 aromatic carbocycles. The third kappa shape index (κ3) is 5.63. The zero-order valence-electron chi connectivity index (χ0n) is 18.6. The summed E-state index contributed by atoms with van der Waals surface area (Å²) in [5, 5.41) is 9.04. The van der Waals surface area contributed by atoms with Gasteiger partial charge in [-0.25, -0.2) is 4.99 Å². The topological polar surface area (TPSA) is 69.6 Å². The first-order valence-corrected chi connectivity index (χ1v) is 11.4. The fraction of sp³-hybridized carbons (Fsp3) is 0.346. The van der Waals surface area contributed by atoms with Crippen LogP contribution in [-0.4, -0.2) is 47.9 Å². The maximum atomic E-state index is 12.5. The van der Waals surface area contributed by atoms with Crippen LogP contribution in [0, 0.1) is 5.92 Å². The summed E-state index contributed by atoms with van der Waals surface area (Å²) in [5.74, 6) is 1.30. The number of nitrogens with zero attached hydrogens (tertiary/aromatic N) is 3. The molecule has 1 saturated heterocycles. The average molecular weight is 430 g/mol. The zero-order chi connectivity index (χ0) is 22.2.